The van der Waals surface area contributed by atoms with Crippen molar-refractivity contribution in [3.05, 3.63) is 29.1 Å². The summed E-state index contributed by atoms with van der Waals surface area (Å²) in [4.78, 5) is 14.1. The highest BCUT2D eigenvalue weighted by atomic mass is 19.4. The molecule has 15 heavy (non-hydrogen) atoms. The number of hydrogen-bond donors (Lipinski definition) is 0. The lowest BCUT2D eigenvalue weighted by Gasteiger charge is -2.08. The van der Waals surface area contributed by atoms with E-state index in [0.717, 1.165) is 12.3 Å². The molecule has 0 aromatic carbocycles. The molecule has 0 bridgehead atoms. The molecule has 0 unspecified atom stereocenters. The van der Waals surface area contributed by atoms with Crippen LogP contribution in [-0.4, -0.2) is 10.8 Å². The molecule has 0 saturated heterocycles. The van der Waals surface area contributed by atoms with Gasteiger partial charge in [0.1, 0.15) is 11.5 Å². The zero-order valence-electron chi connectivity index (χ0n) is 8.35. The van der Waals surface area contributed by atoms with Gasteiger partial charge >= 0.3 is 6.18 Å². The normalized spacial score (nSPS) is 11.5. The number of nitrogens with zero attached hydrogens (tertiary/aromatic N) is 1. The van der Waals surface area contributed by atoms with Crippen LogP contribution in [0.1, 0.15) is 23.7 Å². The first-order valence-electron chi connectivity index (χ1n) is 4.33. The molecule has 0 aliphatic rings. The molecule has 0 N–H and O–H groups in total. The third-order valence-corrected chi connectivity index (χ3v) is 1.95. The van der Waals surface area contributed by atoms with Gasteiger partial charge in [0.05, 0.1) is 0 Å². The van der Waals surface area contributed by atoms with Gasteiger partial charge in [-0.2, -0.15) is 13.2 Å². The van der Waals surface area contributed by atoms with Gasteiger partial charge in [0, 0.05) is 12.6 Å². The lowest BCUT2D eigenvalue weighted by molar-refractivity contribution is -0.141. The first-order chi connectivity index (χ1) is 6.80. The fraction of sp³-hybridized carbons (Fsp3) is 0.400. The summed E-state index contributed by atoms with van der Waals surface area (Å²) in [5.41, 5.74) is 0.0512. The summed E-state index contributed by atoms with van der Waals surface area (Å²) < 4.78 is 36.7. The molecule has 0 amide bonds. The zero-order chi connectivity index (χ0) is 11.6. The molecule has 0 aliphatic heterocycles. The van der Waals surface area contributed by atoms with Gasteiger partial charge in [-0.3, -0.25) is 9.78 Å². The molecule has 2 nitrogen and oxygen atoms in total. The van der Waals surface area contributed by atoms with E-state index >= 15 is 0 Å². The van der Waals surface area contributed by atoms with Crippen LogP contribution >= 0.6 is 0 Å². The topological polar surface area (TPSA) is 30.0 Å². The Balaban J connectivity index is 3.03. The molecule has 0 aliphatic carbocycles. The Hall–Kier alpha value is -1.39. The number of hydrogen-bond acceptors (Lipinski definition) is 2. The van der Waals surface area contributed by atoms with Crippen LogP contribution in [0.15, 0.2) is 12.3 Å². The Morgan fingerprint density at radius 3 is 2.47 bits per heavy atom. The summed E-state index contributed by atoms with van der Waals surface area (Å²) in [7, 11) is 0. The maximum atomic E-state index is 12.2. The van der Waals surface area contributed by atoms with Crippen molar-refractivity contribution in [2.75, 3.05) is 0 Å². The number of aryl methyl sites for hydroxylation is 1. The maximum Gasteiger partial charge on any atom is 0.433 e. The summed E-state index contributed by atoms with van der Waals surface area (Å²) in [6.45, 7) is 2.92. The second kappa shape index (κ2) is 4.00. The van der Waals surface area contributed by atoms with Gasteiger partial charge in [0.15, 0.2) is 0 Å². The summed E-state index contributed by atoms with van der Waals surface area (Å²) in [5, 5.41) is 0. The van der Waals surface area contributed by atoms with Crippen LogP contribution < -0.4 is 0 Å². The number of ketones is 1. The summed E-state index contributed by atoms with van der Waals surface area (Å²) >= 11 is 0. The number of pyridine rings is 1. The first kappa shape index (κ1) is 11.7. The van der Waals surface area contributed by atoms with E-state index in [1.165, 1.54) is 13.8 Å². The van der Waals surface area contributed by atoms with E-state index in [2.05, 4.69) is 4.98 Å². The van der Waals surface area contributed by atoms with Gasteiger partial charge in [-0.1, -0.05) is 0 Å². The van der Waals surface area contributed by atoms with Crippen molar-refractivity contribution in [3.63, 3.8) is 0 Å². The molecule has 0 saturated carbocycles. The monoisotopic (exact) mass is 217 g/mol. The van der Waals surface area contributed by atoms with Gasteiger partial charge in [-0.15, -0.1) is 0 Å². The standard InChI is InChI=1S/C10H10F3NO/c1-6-3-9(10(11,12)13)14-5-8(6)4-7(2)15/h3,5H,4H2,1-2H3. The Morgan fingerprint density at radius 2 is 2.07 bits per heavy atom. The highest BCUT2D eigenvalue weighted by Crippen LogP contribution is 2.28. The third-order valence-electron chi connectivity index (χ3n) is 1.95. The van der Waals surface area contributed by atoms with Crippen molar-refractivity contribution in [3.8, 4) is 0 Å². The average Bonchev–Trinajstić information content (AvgIpc) is 2.05. The molecule has 1 rings (SSSR count). The number of aromatic nitrogens is 1. The van der Waals surface area contributed by atoms with Crippen LogP contribution in [0.2, 0.25) is 0 Å². The predicted molar refractivity (Wildman–Crippen MR) is 48.4 cm³/mol. The lowest BCUT2D eigenvalue weighted by Crippen LogP contribution is -2.10. The fourth-order valence-electron chi connectivity index (χ4n) is 1.19. The van der Waals surface area contributed by atoms with Crippen molar-refractivity contribution < 1.29 is 18.0 Å². The smallest absolute Gasteiger partial charge is 0.300 e. The molecular weight excluding hydrogens is 207 g/mol. The molecular formula is C10H10F3NO. The molecule has 5 heteroatoms. The lowest BCUT2D eigenvalue weighted by atomic mass is 10.1. The number of alkyl halides is 3. The first-order valence-corrected chi connectivity index (χ1v) is 4.33. The van der Waals surface area contributed by atoms with Crippen molar-refractivity contribution in [2.24, 2.45) is 0 Å². The quantitative estimate of drug-likeness (QED) is 0.761. The molecule has 0 fully saturated rings. The van der Waals surface area contributed by atoms with Gasteiger partial charge in [0.2, 0.25) is 0 Å². The average molecular weight is 217 g/mol. The summed E-state index contributed by atoms with van der Waals surface area (Å²) in [6, 6.07) is 0.957. The van der Waals surface area contributed by atoms with Crippen molar-refractivity contribution in [2.45, 2.75) is 26.4 Å². The maximum absolute atomic E-state index is 12.2. The molecule has 0 spiro atoms. The molecule has 1 aromatic heterocycles. The van der Waals surface area contributed by atoms with Gasteiger partial charge in [-0.05, 0) is 31.0 Å². The van der Waals surface area contributed by atoms with Crippen LogP contribution in [-0.2, 0) is 17.4 Å². The zero-order valence-corrected chi connectivity index (χ0v) is 8.35. The Labute approximate surface area is 85.1 Å². The van der Waals surface area contributed by atoms with E-state index < -0.39 is 11.9 Å². The van der Waals surface area contributed by atoms with Gasteiger partial charge in [-0.25, -0.2) is 0 Å². The molecule has 1 aromatic rings. The van der Waals surface area contributed by atoms with Crippen molar-refractivity contribution >= 4 is 5.78 Å². The van der Waals surface area contributed by atoms with Crippen molar-refractivity contribution in [1.29, 1.82) is 0 Å². The molecule has 82 valence electrons. The van der Waals surface area contributed by atoms with E-state index in [1.54, 1.807) is 0 Å². The molecule has 0 atom stereocenters. The van der Waals surface area contributed by atoms with Crippen LogP contribution in [0.4, 0.5) is 13.2 Å². The minimum atomic E-state index is -4.43. The number of rotatable bonds is 2. The number of carbonyl (C=O) groups excluding carboxylic acids is 1. The Morgan fingerprint density at radius 1 is 1.47 bits per heavy atom. The minimum Gasteiger partial charge on any atom is -0.300 e. The molecule has 0 radical (unpaired) electrons. The van der Waals surface area contributed by atoms with E-state index in [9.17, 15) is 18.0 Å². The second-order valence-corrected chi connectivity index (χ2v) is 3.37. The van der Waals surface area contributed by atoms with Crippen LogP contribution in [0.5, 0.6) is 0 Å². The van der Waals surface area contributed by atoms with E-state index in [4.69, 9.17) is 0 Å². The Kier molecular flexibility index (Phi) is 3.12. The summed E-state index contributed by atoms with van der Waals surface area (Å²) in [5.74, 6) is -0.0975. The van der Waals surface area contributed by atoms with E-state index in [0.29, 0.717) is 11.1 Å². The van der Waals surface area contributed by atoms with E-state index in [1.807, 2.05) is 0 Å². The van der Waals surface area contributed by atoms with Crippen LogP contribution in [0, 0.1) is 6.92 Å². The SMILES string of the molecule is CC(=O)Cc1cnc(C(F)(F)F)cc1C. The number of halogens is 3. The van der Waals surface area contributed by atoms with Crippen LogP contribution in [0.25, 0.3) is 0 Å². The predicted octanol–water partition coefficient (Wildman–Crippen LogP) is 2.54. The largest absolute Gasteiger partial charge is 0.433 e. The highest BCUT2D eigenvalue weighted by molar-refractivity contribution is 5.78. The van der Waals surface area contributed by atoms with E-state index in [-0.39, 0.29) is 12.2 Å². The summed E-state index contributed by atoms with van der Waals surface area (Å²) in [6.07, 6.45) is -3.20. The number of carbonyl (C=O) groups is 1. The van der Waals surface area contributed by atoms with Gasteiger partial charge < -0.3 is 0 Å². The Bertz CT molecular complexity index is 385. The fourth-order valence-corrected chi connectivity index (χ4v) is 1.19. The van der Waals surface area contributed by atoms with Gasteiger partial charge in [0.25, 0.3) is 0 Å². The second-order valence-electron chi connectivity index (χ2n) is 3.37. The third kappa shape index (κ3) is 3.04. The van der Waals surface area contributed by atoms with Crippen LogP contribution in [0.3, 0.4) is 0 Å². The number of Topliss-reactive ketones (excluding diaryl/α,β-unsaturated/α-hetero) is 1. The minimum absolute atomic E-state index is 0.0975. The highest BCUT2D eigenvalue weighted by Gasteiger charge is 2.32. The molecule has 1 heterocycles. The van der Waals surface area contributed by atoms with Crippen molar-refractivity contribution in [1.82, 2.24) is 4.98 Å².